The first-order valence-electron chi connectivity index (χ1n) is 7.92. The molecular formula is C17H17N5O2S. The average Bonchev–Trinajstić information content (AvgIpc) is 3.29. The quantitative estimate of drug-likeness (QED) is 0.747. The Hall–Kier alpha value is -2.74. The van der Waals surface area contributed by atoms with Gasteiger partial charge in [-0.15, -0.1) is 10.2 Å². The van der Waals surface area contributed by atoms with Crippen LogP contribution in [0, 0.1) is 6.92 Å². The molecule has 4 rings (SSSR count). The molecule has 0 saturated carbocycles. The Morgan fingerprint density at radius 2 is 2.12 bits per heavy atom. The molecule has 0 unspecified atom stereocenters. The molecule has 1 aliphatic rings. The van der Waals surface area contributed by atoms with E-state index in [4.69, 9.17) is 4.42 Å². The van der Waals surface area contributed by atoms with Gasteiger partial charge in [-0.05, 0) is 24.6 Å². The fourth-order valence-electron chi connectivity index (χ4n) is 2.76. The largest absolute Gasteiger partial charge is 0.467 e. The van der Waals surface area contributed by atoms with E-state index in [9.17, 15) is 4.79 Å². The zero-order chi connectivity index (χ0) is 17.2. The lowest BCUT2D eigenvalue weighted by molar-refractivity contribution is -0.121. The Morgan fingerprint density at radius 3 is 2.88 bits per heavy atom. The van der Waals surface area contributed by atoms with Crippen LogP contribution in [-0.4, -0.2) is 26.0 Å². The number of nitrogens with zero attached hydrogens (tertiary/aromatic N) is 3. The summed E-state index contributed by atoms with van der Waals surface area (Å²) in [6.07, 6.45) is 1.59. The van der Waals surface area contributed by atoms with Crippen LogP contribution < -0.4 is 10.7 Å². The number of benzene rings is 1. The molecule has 8 heteroatoms. The van der Waals surface area contributed by atoms with Gasteiger partial charge in [0.15, 0.2) is 0 Å². The van der Waals surface area contributed by atoms with E-state index >= 15 is 0 Å². The van der Waals surface area contributed by atoms with Crippen molar-refractivity contribution in [2.75, 3.05) is 5.43 Å². The molecule has 1 amide bonds. The van der Waals surface area contributed by atoms with Crippen molar-refractivity contribution >= 4 is 17.7 Å². The highest BCUT2D eigenvalue weighted by molar-refractivity contribution is 8.00. The van der Waals surface area contributed by atoms with E-state index in [0.717, 1.165) is 17.1 Å². The van der Waals surface area contributed by atoms with Crippen LogP contribution in [0.4, 0.5) is 0 Å². The Morgan fingerprint density at radius 1 is 1.28 bits per heavy atom. The van der Waals surface area contributed by atoms with Crippen LogP contribution in [0.2, 0.25) is 0 Å². The summed E-state index contributed by atoms with van der Waals surface area (Å²) in [7, 11) is 0. The lowest BCUT2D eigenvalue weighted by Gasteiger charge is -2.32. The smallest absolute Gasteiger partial charge is 0.236 e. The summed E-state index contributed by atoms with van der Waals surface area (Å²) >= 11 is 1.41. The molecule has 0 saturated heterocycles. The van der Waals surface area contributed by atoms with Crippen LogP contribution >= 0.6 is 11.8 Å². The Balaban J connectivity index is 1.59. The summed E-state index contributed by atoms with van der Waals surface area (Å²) in [4.78, 5) is 12.8. The minimum atomic E-state index is -0.367. The summed E-state index contributed by atoms with van der Waals surface area (Å²) in [5.74, 6) is 1.41. The SMILES string of the molecule is Cc1nnc2n1N[C@@H](c1ccccc1)[C@@H](C(=O)NCc1ccco1)S2. The zero-order valence-corrected chi connectivity index (χ0v) is 14.4. The molecule has 7 nitrogen and oxygen atoms in total. The number of amides is 1. The number of nitrogens with one attached hydrogen (secondary N) is 2. The number of carbonyl (C=O) groups is 1. The van der Waals surface area contributed by atoms with E-state index in [1.165, 1.54) is 11.8 Å². The highest BCUT2D eigenvalue weighted by Crippen LogP contribution is 2.36. The van der Waals surface area contributed by atoms with Crippen LogP contribution in [0.15, 0.2) is 58.3 Å². The second kappa shape index (κ2) is 6.64. The third-order valence-electron chi connectivity index (χ3n) is 4.03. The van der Waals surface area contributed by atoms with Crippen molar-refractivity contribution in [2.45, 2.75) is 29.9 Å². The van der Waals surface area contributed by atoms with E-state index in [1.54, 1.807) is 12.3 Å². The van der Waals surface area contributed by atoms with Gasteiger partial charge in [0.1, 0.15) is 16.8 Å². The lowest BCUT2D eigenvalue weighted by Crippen LogP contribution is -2.43. The Kier molecular flexibility index (Phi) is 4.19. The number of hydrogen-bond acceptors (Lipinski definition) is 6. The van der Waals surface area contributed by atoms with Crippen molar-refractivity contribution in [1.82, 2.24) is 20.2 Å². The minimum Gasteiger partial charge on any atom is -0.467 e. The van der Waals surface area contributed by atoms with Crippen LogP contribution in [0.3, 0.4) is 0 Å². The highest BCUT2D eigenvalue weighted by Gasteiger charge is 2.37. The van der Waals surface area contributed by atoms with Gasteiger partial charge >= 0.3 is 0 Å². The lowest BCUT2D eigenvalue weighted by atomic mass is 10.0. The molecule has 2 atom stereocenters. The van der Waals surface area contributed by atoms with E-state index in [0.29, 0.717) is 11.7 Å². The summed E-state index contributed by atoms with van der Waals surface area (Å²) in [5.41, 5.74) is 4.41. The maximum atomic E-state index is 12.8. The number of aryl methyl sites for hydroxylation is 1. The summed E-state index contributed by atoms with van der Waals surface area (Å²) in [6, 6.07) is 13.4. The van der Waals surface area contributed by atoms with Crippen molar-refractivity contribution in [1.29, 1.82) is 0 Å². The molecule has 2 N–H and O–H groups in total. The van der Waals surface area contributed by atoms with Gasteiger partial charge in [-0.25, -0.2) is 4.68 Å². The molecule has 0 bridgehead atoms. The van der Waals surface area contributed by atoms with Crippen LogP contribution in [0.1, 0.15) is 23.2 Å². The van der Waals surface area contributed by atoms with Crippen LogP contribution in [0.5, 0.6) is 0 Å². The van der Waals surface area contributed by atoms with Gasteiger partial charge in [-0.1, -0.05) is 42.1 Å². The minimum absolute atomic E-state index is 0.0744. The van der Waals surface area contributed by atoms with Crippen molar-refractivity contribution in [3.05, 3.63) is 65.9 Å². The zero-order valence-electron chi connectivity index (χ0n) is 13.5. The topological polar surface area (TPSA) is 85.0 Å². The summed E-state index contributed by atoms with van der Waals surface area (Å²) < 4.78 is 7.11. The van der Waals surface area contributed by atoms with E-state index < -0.39 is 0 Å². The number of thioether (sulfide) groups is 1. The maximum Gasteiger partial charge on any atom is 0.236 e. The molecule has 25 heavy (non-hydrogen) atoms. The van der Waals surface area contributed by atoms with E-state index in [1.807, 2.05) is 48.0 Å². The number of carbonyl (C=O) groups excluding carboxylic acids is 1. The third-order valence-corrected chi connectivity index (χ3v) is 5.25. The van der Waals surface area contributed by atoms with Crippen LogP contribution in [-0.2, 0) is 11.3 Å². The molecule has 3 heterocycles. The summed E-state index contributed by atoms with van der Waals surface area (Å²) in [5, 5.41) is 11.5. The number of hydrogen-bond donors (Lipinski definition) is 2. The van der Waals surface area contributed by atoms with Gasteiger partial charge < -0.3 is 15.2 Å². The van der Waals surface area contributed by atoms with Gasteiger partial charge in [-0.3, -0.25) is 4.79 Å². The maximum absolute atomic E-state index is 12.8. The van der Waals surface area contributed by atoms with Gasteiger partial charge in [0.05, 0.1) is 18.8 Å². The highest BCUT2D eigenvalue weighted by atomic mass is 32.2. The van der Waals surface area contributed by atoms with E-state index in [-0.39, 0.29) is 17.2 Å². The first kappa shape index (κ1) is 15.8. The van der Waals surface area contributed by atoms with Gasteiger partial charge in [0.25, 0.3) is 0 Å². The Labute approximate surface area is 148 Å². The molecule has 0 spiro atoms. The molecule has 2 aromatic heterocycles. The summed E-state index contributed by atoms with van der Waals surface area (Å²) in [6.45, 7) is 2.24. The third kappa shape index (κ3) is 3.12. The molecule has 1 aliphatic heterocycles. The van der Waals surface area contributed by atoms with Crippen molar-refractivity contribution in [3.8, 4) is 0 Å². The average molecular weight is 355 g/mol. The van der Waals surface area contributed by atoms with Crippen molar-refractivity contribution < 1.29 is 9.21 Å². The molecule has 1 aromatic carbocycles. The van der Waals surface area contributed by atoms with Crippen molar-refractivity contribution in [3.63, 3.8) is 0 Å². The van der Waals surface area contributed by atoms with Gasteiger partial charge in [0.2, 0.25) is 11.1 Å². The molecule has 128 valence electrons. The van der Waals surface area contributed by atoms with Gasteiger partial charge in [0, 0.05) is 0 Å². The predicted molar refractivity (Wildman–Crippen MR) is 93.5 cm³/mol. The van der Waals surface area contributed by atoms with Crippen molar-refractivity contribution in [2.24, 2.45) is 0 Å². The predicted octanol–water partition coefficient (Wildman–Crippen LogP) is 2.26. The molecule has 0 aliphatic carbocycles. The second-order valence-corrected chi connectivity index (χ2v) is 6.83. The fraction of sp³-hybridized carbons (Fsp3) is 0.235. The van der Waals surface area contributed by atoms with Gasteiger partial charge in [-0.2, -0.15) is 0 Å². The number of rotatable bonds is 4. The van der Waals surface area contributed by atoms with E-state index in [2.05, 4.69) is 20.9 Å². The number of aromatic nitrogens is 3. The molecule has 0 radical (unpaired) electrons. The molecule has 3 aromatic rings. The first-order valence-corrected chi connectivity index (χ1v) is 8.80. The molecular weight excluding hydrogens is 338 g/mol. The fourth-order valence-corrected chi connectivity index (χ4v) is 3.91. The normalized spacial score (nSPS) is 19.1. The van der Waals surface area contributed by atoms with Crippen LogP contribution in [0.25, 0.3) is 0 Å². The molecule has 0 fully saturated rings. The first-order chi connectivity index (χ1) is 12.2. The Bertz CT molecular complexity index is 863. The second-order valence-electron chi connectivity index (χ2n) is 5.72. The number of furan rings is 1. The standard InChI is InChI=1S/C17H17N5O2S/c1-11-19-20-17-22(11)21-14(12-6-3-2-4-7-12)15(25-17)16(23)18-10-13-8-5-9-24-13/h2-9,14-15,21H,10H2,1H3,(H,18,23)/t14-,15-/m0/s1. The monoisotopic (exact) mass is 355 g/mol. The number of fused-ring (bicyclic) bond motifs is 1.